The van der Waals surface area contributed by atoms with Crippen molar-refractivity contribution in [1.29, 1.82) is 5.26 Å². The lowest BCUT2D eigenvalue weighted by molar-refractivity contribution is -0.138. The van der Waals surface area contributed by atoms with Gasteiger partial charge in [0.25, 0.3) is 0 Å². The third-order valence-electron chi connectivity index (χ3n) is 1.79. The fourth-order valence-electron chi connectivity index (χ4n) is 1.11. The van der Waals surface area contributed by atoms with Crippen LogP contribution in [0, 0.1) is 14.9 Å². The molecule has 6 heteroatoms. The number of benzene rings is 1. The Hall–Kier alpha value is -0.810. The van der Waals surface area contributed by atoms with Crippen LogP contribution in [0.2, 0.25) is 0 Å². The first-order chi connectivity index (χ1) is 6.90. The van der Waals surface area contributed by atoms with Gasteiger partial charge in [-0.25, -0.2) is 0 Å². The lowest BCUT2D eigenvalue weighted by atomic mass is 10.0. The quantitative estimate of drug-likeness (QED) is 0.806. The highest BCUT2D eigenvalue weighted by Gasteiger charge is 2.34. The zero-order valence-corrected chi connectivity index (χ0v) is 9.43. The maximum absolute atomic E-state index is 12.5. The fraction of sp³-hybridized carbons (Fsp3) is 0.222. The molecule has 0 aliphatic rings. The number of aliphatic hydroxyl groups is 1. The van der Waals surface area contributed by atoms with Gasteiger partial charge in [0.2, 0.25) is 0 Å². The Morgan fingerprint density at radius 2 is 2.00 bits per heavy atom. The predicted molar refractivity (Wildman–Crippen MR) is 54.8 cm³/mol. The van der Waals surface area contributed by atoms with Crippen molar-refractivity contribution in [3.8, 4) is 6.07 Å². The van der Waals surface area contributed by atoms with E-state index >= 15 is 0 Å². The molecule has 0 aliphatic carbocycles. The van der Waals surface area contributed by atoms with Crippen LogP contribution in [0.5, 0.6) is 0 Å². The van der Waals surface area contributed by atoms with Crippen LogP contribution in [0.1, 0.15) is 16.7 Å². The maximum Gasteiger partial charge on any atom is 0.416 e. The van der Waals surface area contributed by atoms with Crippen LogP contribution in [-0.4, -0.2) is 5.11 Å². The Kier molecular flexibility index (Phi) is 3.57. The van der Waals surface area contributed by atoms with Crippen molar-refractivity contribution in [2.45, 2.75) is 12.8 Å². The van der Waals surface area contributed by atoms with E-state index in [0.717, 1.165) is 6.07 Å². The second kappa shape index (κ2) is 4.37. The molecular weight excluding hydrogens is 322 g/mol. The highest BCUT2D eigenvalue weighted by molar-refractivity contribution is 14.1. The Bertz CT molecular complexity index is 423. The summed E-state index contributed by atoms with van der Waals surface area (Å²) in [5.74, 6) is 0. The second-order valence-corrected chi connectivity index (χ2v) is 3.91. The molecule has 0 unspecified atom stereocenters. The van der Waals surface area contributed by atoms with Gasteiger partial charge in [0.1, 0.15) is 0 Å². The molecule has 0 spiro atoms. The van der Waals surface area contributed by atoms with E-state index in [9.17, 15) is 13.2 Å². The Morgan fingerprint density at radius 1 is 1.40 bits per heavy atom. The minimum absolute atomic E-state index is 0.0658. The average molecular weight is 327 g/mol. The van der Waals surface area contributed by atoms with E-state index in [0.29, 0.717) is 0 Å². The summed E-state index contributed by atoms with van der Waals surface area (Å²) in [6, 6.07) is 3.70. The summed E-state index contributed by atoms with van der Waals surface area (Å²) in [7, 11) is 0. The summed E-state index contributed by atoms with van der Waals surface area (Å²) in [5.41, 5.74) is -1.21. The van der Waals surface area contributed by atoms with Gasteiger partial charge < -0.3 is 5.11 Å². The zero-order valence-electron chi connectivity index (χ0n) is 7.27. The maximum atomic E-state index is 12.5. The molecule has 1 aromatic carbocycles. The molecule has 1 rings (SSSR count). The van der Waals surface area contributed by atoms with Gasteiger partial charge in [-0.2, -0.15) is 18.4 Å². The molecule has 0 aromatic heterocycles. The first-order valence-electron chi connectivity index (χ1n) is 3.80. The molecule has 0 aliphatic heterocycles. The number of rotatable bonds is 1. The SMILES string of the molecule is N#Cc1cc(I)c(CO)c(C(F)(F)F)c1. The highest BCUT2D eigenvalue weighted by Crippen LogP contribution is 2.34. The van der Waals surface area contributed by atoms with Gasteiger partial charge in [-0.3, -0.25) is 0 Å². The molecule has 1 N–H and O–H groups in total. The van der Waals surface area contributed by atoms with Gasteiger partial charge in [-0.1, -0.05) is 0 Å². The van der Waals surface area contributed by atoms with Crippen molar-refractivity contribution in [1.82, 2.24) is 0 Å². The third kappa shape index (κ3) is 2.60. The van der Waals surface area contributed by atoms with Crippen molar-refractivity contribution >= 4 is 22.6 Å². The van der Waals surface area contributed by atoms with Crippen molar-refractivity contribution in [3.05, 3.63) is 32.4 Å². The molecule has 0 atom stereocenters. The topological polar surface area (TPSA) is 44.0 Å². The van der Waals surface area contributed by atoms with Crippen LogP contribution in [0.3, 0.4) is 0 Å². The van der Waals surface area contributed by atoms with Crippen LogP contribution < -0.4 is 0 Å². The van der Waals surface area contributed by atoms with Crippen molar-refractivity contribution in [2.24, 2.45) is 0 Å². The first-order valence-corrected chi connectivity index (χ1v) is 4.88. The summed E-state index contributed by atoms with van der Waals surface area (Å²) >= 11 is 1.66. The van der Waals surface area contributed by atoms with Crippen molar-refractivity contribution in [2.75, 3.05) is 0 Å². The number of halogens is 4. The van der Waals surface area contributed by atoms with E-state index in [4.69, 9.17) is 10.4 Å². The number of nitriles is 1. The number of aliphatic hydroxyl groups excluding tert-OH is 1. The molecule has 80 valence electrons. The van der Waals surface area contributed by atoms with Gasteiger partial charge in [0, 0.05) is 9.13 Å². The Labute approximate surface area is 97.5 Å². The van der Waals surface area contributed by atoms with Crippen LogP contribution in [0.25, 0.3) is 0 Å². The fourth-order valence-corrected chi connectivity index (χ4v) is 1.91. The van der Waals surface area contributed by atoms with E-state index in [1.165, 1.54) is 6.07 Å². The first kappa shape index (κ1) is 12.3. The molecule has 2 nitrogen and oxygen atoms in total. The number of hydrogen-bond acceptors (Lipinski definition) is 2. The minimum Gasteiger partial charge on any atom is -0.392 e. The number of hydrogen-bond donors (Lipinski definition) is 1. The Balaban J connectivity index is 3.48. The minimum atomic E-state index is -4.55. The summed E-state index contributed by atoms with van der Waals surface area (Å²) in [4.78, 5) is 0. The summed E-state index contributed by atoms with van der Waals surface area (Å²) in [6.07, 6.45) is -4.55. The van der Waals surface area contributed by atoms with E-state index < -0.39 is 18.3 Å². The second-order valence-electron chi connectivity index (χ2n) is 2.75. The van der Waals surface area contributed by atoms with Crippen LogP contribution in [-0.2, 0) is 12.8 Å². The Morgan fingerprint density at radius 3 is 2.40 bits per heavy atom. The van der Waals surface area contributed by atoms with Gasteiger partial charge >= 0.3 is 6.18 Å². The molecule has 0 amide bonds. The lowest BCUT2D eigenvalue weighted by Crippen LogP contribution is -2.11. The smallest absolute Gasteiger partial charge is 0.392 e. The normalized spacial score (nSPS) is 11.2. The molecule has 0 heterocycles. The number of alkyl halides is 3. The number of nitrogens with zero attached hydrogens (tertiary/aromatic N) is 1. The predicted octanol–water partition coefficient (Wildman–Crippen LogP) is 2.67. The molecular formula is C9H5F3INO. The average Bonchev–Trinajstić information content (AvgIpc) is 2.15. The van der Waals surface area contributed by atoms with Gasteiger partial charge in [-0.15, -0.1) is 0 Å². The summed E-state index contributed by atoms with van der Waals surface area (Å²) in [6.45, 7) is -0.696. The highest BCUT2D eigenvalue weighted by atomic mass is 127. The van der Waals surface area contributed by atoms with Crippen molar-refractivity contribution < 1.29 is 18.3 Å². The van der Waals surface area contributed by atoms with E-state index in [1.54, 1.807) is 28.7 Å². The summed E-state index contributed by atoms with van der Waals surface area (Å²) < 4.78 is 37.8. The lowest BCUT2D eigenvalue weighted by Gasteiger charge is -2.13. The van der Waals surface area contributed by atoms with Crippen LogP contribution >= 0.6 is 22.6 Å². The van der Waals surface area contributed by atoms with Gasteiger partial charge in [0.15, 0.2) is 0 Å². The van der Waals surface area contributed by atoms with E-state index in [-0.39, 0.29) is 14.7 Å². The molecule has 0 saturated heterocycles. The standard InChI is InChI=1S/C9H5F3INO/c10-9(11,12)7-1-5(3-14)2-8(13)6(7)4-15/h1-2,15H,4H2. The zero-order chi connectivity index (χ0) is 11.6. The molecule has 0 saturated carbocycles. The largest absolute Gasteiger partial charge is 0.416 e. The molecule has 1 aromatic rings. The molecule has 0 radical (unpaired) electrons. The third-order valence-corrected chi connectivity index (χ3v) is 2.75. The van der Waals surface area contributed by atoms with Crippen LogP contribution in [0.4, 0.5) is 13.2 Å². The monoisotopic (exact) mass is 327 g/mol. The molecule has 15 heavy (non-hydrogen) atoms. The van der Waals surface area contributed by atoms with Gasteiger partial charge in [-0.05, 0) is 34.7 Å². The summed E-state index contributed by atoms with van der Waals surface area (Å²) in [5, 5.41) is 17.4. The molecule has 0 bridgehead atoms. The van der Waals surface area contributed by atoms with Crippen LogP contribution in [0.15, 0.2) is 12.1 Å². The molecule has 0 fully saturated rings. The van der Waals surface area contributed by atoms with Gasteiger partial charge in [0.05, 0.1) is 23.8 Å². The van der Waals surface area contributed by atoms with E-state index in [1.807, 2.05) is 0 Å². The van der Waals surface area contributed by atoms with E-state index in [2.05, 4.69) is 0 Å². The van der Waals surface area contributed by atoms with Crippen molar-refractivity contribution in [3.63, 3.8) is 0 Å².